The Hall–Kier alpha value is -0.660. The molecule has 0 N–H and O–H groups in total. The second kappa shape index (κ2) is 5.38. The molecule has 0 spiro atoms. The molecule has 0 unspecified atom stereocenters. The fraction of sp³-hybridized carbons (Fsp3) is 0.667. The van der Waals surface area contributed by atoms with E-state index in [-0.39, 0.29) is 11.9 Å². The van der Waals surface area contributed by atoms with Crippen LogP contribution in [-0.2, 0) is 4.74 Å². The van der Waals surface area contributed by atoms with Crippen LogP contribution in [0.2, 0.25) is 0 Å². The second-order valence-electron chi connectivity index (χ2n) is 4.84. The van der Waals surface area contributed by atoms with Crippen LogP contribution in [0.3, 0.4) is 0 Å². The molecule has 0 radical (unpaired) electrons. The molecule has 0 bridgehead atoms. The summed E-state index contributed by atoms with van der Waals surface area (Å²) < 4.78 is 15.4. The maximum Gasteiger partial charge on any atom is 0.267 e. The largest absolute Gasteiger partial charge is 0.480 e. The Bertz CT molecular complexity index is 493. The van der Waals surface area contributed by atoms with Gasteiger partial charge in [0.1, 0.15) is 9.35 Å². The number of hydrogen-bond acceptors (Lipinski definition) is 5. The quantitative estimate of drug-likeness (QED) is 0.823. The standard InChI is InChI=1S/C12H15BrN2O3S/c1-17-11-9(13)10(19-14-11)12(16)15-4-2-3-7-5-18-6-8(7)15/h7-8H,2-6H2,1H3/t7-,8+/m1/s1. The Morgan fingerprint density at radius 1 is 1.58 bits per heavy atom. The van der Waals surface area contributed by atoms with Gasteiger partial charge in [-0.15, -0.1) is 0 Å². The van der Waals surface area contributed by atoms with E-state index < -0.39 is 0 Å². The van der Waals surface area contributed by atoms with E-state index in [1.165, 1.54) is 11.5 Å². The van der Waals surface area contributed by atoms with Crippen molar-refractivity contribution in [2.75, 3.05) is 26.9 Å². The van der Waals surface area contributed by atoms with Crippen LogP contribution in [0.1, 0.15) is 22.5 Å². The number of aromatic nitrogens is 1. The lowest BCUT2D eigenvalue weighted by atomic mass is 9.92. The van der Waals surface area contributed by atoms with Gasteiger partial charge in [-0.2, -0.15) is 4.37 Å². The first-order valence-electron chi connectivity index (χ1n) is 6.30. The number of amides is 1. The number of halogens is 1. The zero-order valence-electron chi connectivity index (χ0n) is 10.6. The lowest BCUT2D eigenvalue weighted by Crippen LogP contribution is -2.48. The number of rotatable bonds is 2. The van der Waals surface area contributed by atoms with Gasteiger partial charge in [0, 0.05) is 12.5 Å². The topological polar surface area (TPSA) is 51.7 Å². The van der Waals surface area contributed by atoms with Crippen molar-refractivity contribution < 1.29 is 14.3 Å². The zero-order valence-corrected chi connectivity index (χ0v) is 13.0. The van der Waals surface area contributed by atoms with Crippen molar-refractivity contribution in [3.63, 3.8) is 0 Å². The van der Waals surface area contributed by atoms with E-state index in [0.717, 1.165) is 26.0 Å². The number of carbonyl (C=O) groups is 1. The molecule has 3 heterocycles. The molecule has 2 aliphatic rings. The predicted molar refractivity (Wildman–Crippen MR) is 74.7 cm³/mol. The third-order valence-corrected chi connectivity index (χ3v) is 5.61. The summed E-state index contributed by atoms with van der Waals surface area (Å²) in [6.45, 7) is 2.24. The van der Waals surface area contributed by atoms with Crippen LogP contribution in [0.5, 0.6) is 5.88 Å². The average Bonchev–Trinajstić information content (AvgIpc) is 3.03. The SMILES string of the molecule is COc1nsc(C(=O)N2CCC[C@@H]3COC[C@@H]32)c1Br. The highest BCUT2D eigenvalue weighted by Gasteiger charge is 2.39. The predicted octanol–water partition coefficient (Wildman–Crippen LogP) is 2.17. The molecule has 0 aromatic carbocycles. The summed E-state index contributed by atoms with van der Waals surface area (Å²) in [7, 11) is 1.55. The summed E-state index contributed by atoms with van der Waals surface area (Å²) in [4.78, 5) is 15.2. The van der Waals surface area contributed by atoms with Crippen LogP contribution in [0.4, 0.5) is 0 Å². The summed E-state index contributed by atoms with van der Waals surface area (Å²) in [5, 5.41) is 0. The smallest absolute Gasteiger partial charge is 0.267 e. The van der Waals surface area contributed by atoms with Crippen molar-refractivity contribution in [2.45, 2.75) is 18.9 Å². The van der Waals surface area contributed by atoms with E-state index in [1.807, 2.05) is 4.90 Å². The number of hydrogen-bond donors (Lipinski definition) is 0. The molecule has 1 amide bonds. The first-order chi connectivity index (χ1) is 9.22. The molecule has 5 nitrogen and oxygen atoms in total. The van der Waals surface area contributed by atoms with Crippen LogP contribution < -0.4 is 4.74 Å². The molecule has 1 aromatic heterocycles. The fourth-order valence-electron chi connectivity index (χ4n) is 2.80. The first-order valence-corrected chi connectivity index (χ1v) is 7.87. The maximum absolute atomic E-state index is 12.6. The van der Waals surface area contributed by atoms with Crippen molar-refractivity contribution in [3.05, 3.63) is 9.35 Å². The Morgan fingerprint density at radius 3 is 3.16 bits per heavy atom. The van der Waals surface area contributed by atoms with Crippen molar-refractivity contribution in [1.82, 2.24) is 9.27 Å². The van der Waals surface area contributed by atoms with E-state index in [0.29, 0.717) is 27.8 Å². The van der Waals surface area contributed by atoms with Gasteiger partial charge < -0.3 is 14.4 Å². The molecule has 0 saturated carbocycles. The molecule has 2 atom stereocenters. The van der Waals surface area contributed by atoms with Gasteiger partial charge in [0.2, 0.25) is 5.88 Å². The van der Waals surface area contributed by atoms with Crippen molar-refractivity contribution in [3.8, 4) is 5.88 Å². The number of piperidine rings is 1. The molecule has 2 saturated heterocycles. The lowest BCUT2D eigenvalue weighted by molar-refractivity contribution is 0.0563. The van der Waals surface area contributed by atoms with Crippen LogP contribution >= 0.6 is 27.5 Å². The van der Waals surface area contributed by atoms with Gasteiger partial charge in [0.25, 0.3) is 5.91 Å². The van der Waals surface area contributed by atoms with Crippen LogP contribution in [0.25, 0.3) is 0 Å². The molecule has 2 fully saturated rings. The first kappa shape index (κ1) is 13.3. The summed E-state index contributed by atoms with van der Waals surface area (Å²) >= 11 is 4.58. The molecule has 1 aromatic rings. The highest BCUT2D eigenvalue weighted by Crippen LogP contribution is 2.35. The Balaban J connectivity index is 1.84. The highest BCUT2D eigenvalue weighted by atomic mass is 79.9. The van der Waals surface area contributed by atoms with E-state index >= 15 is 0 Å². The molecule has 7 heteroatoms. The van der Waals surface area contributed by atoms with Crippen molar-refractivity contribution >= 4 is 33.4 Å². The van der Waals surface area contributed by atoms with Gasteiger partial charge in [-0.25, -0.2) is 0 Å². The van der Waals surface area contributed by atoms with Gasteiger partial charge in [0.05, 0.1) is 26.4 Å². The van der Waals surface area contributed by atoms with Crippen LogP contribution in [-0.4, -0.2) is 48.1 Å². The summed E-state index contributed by atoms with van der Waals surface area (Å²) in [5.74, 6) is 1.00. The number of nitrogens with zero attached hydrogens (tertiary/aromatic N) is 2. The highest BCUT2D eigenvalue weighted by molar-refractivity contribution is 9.10. The van der Waals surface area contributed by atoms with Crippen molar-refractivity contribution in [1.29, 1.82) is 0 Å². The Morgan fingerprint density at radius 2 is 2.42 bits per heavy atom. The number of likely N-dealkylation sites (tertiary alicyclic amines) is 1. The summed E-state index contributed by atoms with van der Waals surface area (Å²) in [6.07, 6.45) is 2.20. The average molecular weight is 347 g/mol. The third kappa shape index (κ3) is 2.28. The minimum Gasteiger partial charge on any atom is -0.480 e. The molecule has 19 heavy (non-hydrogen) atoms. The summed E-state index contributed by atoms with van der Waals surface area (Å²) in [6, 6.07) is 0.223. The van der Waals surface area contributed by atoms with E-state index in [9.17, 15) is 4.79 Å². The number of ether oxygens (including phenoxy) is 2. The maximum atomic E-state index is 12.6. The molecule has 0 aliphatic carbocycles. The second-order valence-corrected chi connectivity index (χ2v) is 6.41. The third-order valence-electron chi connectivity index (χ3n) is 3.79. The molecule has 2 aliphatic heterocycles. The Labute approximate surface area is 124 Å². The Kier molecular flexibility index (Phi) is 3.77. The molecular formula is C12H15BrN2O3S. The minimum atomic E-state index is 0.0351. The van der Waals surface area contributed by atoms with E-state index in [2.05, 4.69) is 20.3 Å². The van der Waals surface area contributed by atoms with Gasteiger partial charge in [0.15, 0.2) is 0 Å². The molecular weight excluding hydrogens is 332 g/mol. The monoisotopic (exact) mass is 346 g/mol. The number of carbonyl (C=O) groups excluding carboxylic acids is 1. The van der Waals surface area contributed by atoms with Crippen LogP contribution in [0.15, 0.2) is 4.47 Å². The van der Waals surface area contributed by atoms with E-state index in [4.69, 9.17) is 9.47 Å². The fourth-order valence-corrected chi connectivity index (χ4v) is 4.26. The lowest BCUT2D eigenvalue weighted by Gasteiger charge is -2.36. The summed E-state index contributed by atoms with van der Waals surface area (Å²) in [5.41, 5.74) is 0. The zero-order chi connectivity index (χ0) is 13.4. The van der Waals surface area contributed by atoms with Crippen LogP contribution in [0, 0.1) is 5.92 Å². The number of methoxy groups -OCH3 is 1. The van der Waals surface area contributed by atoms with Gasteiger partial charge >= 0.3 is 0 Å². The van der Waals surface area contributed by atoms with E-state index in [1.54, 1.807) is 7.11 Å². The molecule has 104 valence electrons. The van der Waals surface area contributed by atoms with Crippen molar-refractivity contribution in [2.24, 2.45) is 5.92 Å². The van der Waals surface area contributed by atoms with Gasteiger partial charge in [-0.3, -0.25) is 4.79 Å². The van der Waals surface area contributed by atoms with Gasteiger partial charge in [-0.05, 0) is 40.3 Å². The normalized spacial score (nSPS) is 26.3. The van der Waals surface area contributed by atoms with Gasteiger partial charge in [-0.1, -0.05) is 0 Å². The minimum absolute atomic E-state index is 0.0351. The molecule has 3 rings (SSSR count). The number of fused-ring (bicyclic) bond motifs is 1.